The highest BCUT2D eigenvalue weighted by Crippen LogP contribution is 2.40. The number of benzene rings is 3. The zero-order chi connectivity index (χ0) is 26.5. The summed E-state index contributed by atoms with van der Waals surface area (Å²) in [5.74, 6) is -0.318. The molecule has 7 nitrogen and oxygen atoms in total. The molecular formula is C30H32N2O5. The van der Waals surface area contributed by atoms with Crippen molar-refractivity contribution in [3.63, 3.8) is 0 Å². The summed E-state index contributed by atoms with van der Waals surface area (Å²) < 4.78 is 11.3. The van der Waals surface area contributed by atoms with Crippen molar-refractivity contribution in [2.75, 3.05) is 34.3 Å². The highest BCUT2D eigenvalue weighted by atomic mass is 16.5. The van der Waals surface area contributed by atoms with Crippen molar-refractivity contribution in [2.45, 2.75) is 19.6 Å². The number of carbonyl (C=O) groups excluding carboxylic acids is 2. The predicted octanol–water partition coefficient (Wildman–Crippen LogP) is 4.57. The standard InChI is InChI=1S/C30H32N2O5/c1-20-7-5-8-21(17-20)19-37-24-13-11-22(12-14-24)28(33)26-27(23-9-6-10-25(18-23)36-4)32(16-15-31(2)3)30(35)29(26)34/h5-14,17-18,27,33H,15-16,19H2,1-4H3. The molecule has 0 saturated carbocycles. The van der Waals surface area contributed by atoms with E-state index in [0.717, 1.165) is 11.1 Å². The van der Waals surface area contributed by atoms with E-state index in [2.05, 4.69) is 6.07 Å². The van der Waals surface area contributed by atoms with Gasteiger partial charge in [-0.25, -0.2) is 0 Å². The molecule has 1 heterocycles. The Kier molecular flexibility index (Phi) is 7.94. The topological polar surface area (TPSA) is 79.3 Å². The van der Waals surface area contributed by atoms with E-state index >= 15 is 0 Å². The van der Waals surface area contributed by atoms with Crippen molar-refractivity contribution < 1.29 is 24.2 Å². The zero-order valence-corrected chi connectivity index (χ0v) is 21.6. The average molecular weight is 501 g/mol. The zero-order valence-electron chi connectivity index (χ0n) is 21.6. The second-order valence-electron chi connectivity index (χ2n) is 9.37. The van der Waals surface area contributed by atoms with Gasteiger partial charge in [0.2, 0.25) is 0 Å². The number of aliphatic hydroxyl groups excluding tert-OH is 1. The van der Waals surface area contributed by atoms with Crippen LogP contribution in [0.25, 0.3) is 5.76 Å². The summed E-state index contributed by atoms with van der Waals surface area (Å²) in [5.41, 5.74) is 3.40. The van der Waals surface area contributed by atoms with Crippen molar-refractivity contribution in [1.82, 2.24) is 9.80 Å². The molecule has 1 N–H and O–H groups in total. The van der Waals surface area contributed by atoms with Gasteiger partial charge in [-0.3, -0.25) is 9.59 Å². The number of carbonyl (C=O) groups is 2. The van der Waals surface area contributed by atoms with E-state index in [0.29, 0.717) is 42.3 Å². The van der Waals surface area contributed by atoms with Gasteiger partial charge in [0.25, 0.3) is 11.7 Å². The molecule has 1 aliphatic rings. The number of ketones is 1. The Morgan fingerprint density at radius 3 is 2.38 bits per heavy atom. The minimum absolute atomic E-state index is 0.0606. The van der Waals surface area contributed by atoms with E-state index in [1.807, 2.05) is 50.2 Å². The lowest BCUT2D eigenvalue weighted by atomic mass is 9.95. The van der Waals surface area contributed by atoms with Crippen LogP contribution < -0.4 is 9.47 Å². The van der Waals surface area contributed by atoms with Gasteiger partial charge in [0, 0.05) is 18.7 Å². The Morgan fingerprint density at radius 1 is 0.973 bits per heavy atom. The lowest BCUT2D eigenvalue weighted by molar-refractivity contribution is -0.140. The molecule has 3 aromatic carbocycles. The number of aryl methyl sites for hydroxylation is 1. The van der Waals surface area contributed by atoms with Crippen LogP contribution in [0.3, 0.4) is 0 Å². The first-order chi connectivity index (χ1) is 17.8. The highest BCUT2D eigenvalue weighted by Gasteiger charge is 2.46. The second-order valence-corrected chi connectivity index (χ2v) is 9.37. The van der Waals surface area contributed by atoms with Crippen LogP contribution in [0.15, 0.2) is 78.4 Å². The predicted molar refractivity (Wildman–Crippen MR) is 143 cm³/mol. The van der Waals surface area contributed by atoms with Crippen LogP contribution in [0.2, 0.25) is 0 Å². The summed E-state index contributed by atoms with van der Waals surface area (Å²) in [7, 11) is 5.37. The largest absolute Gasteiger partial charge is 0.507 e. The van der Waals surface area contributed by atoms with Crippen molar-refractivity contribution in [2.24, 2.45) is 0 Å². The summed E-state index contributed by atoms with van der Waals surface area (Å²) in [6.45, 7) is 3.35. The Morgan fingerprint density at radius 2 is 1.70 bits per heavy atom. The van der Waals surface area contributed by atoms with Gasteiger partial charge >= 0.3 is 0 Å². The summed E-state index contributed by atoms with van der Waals surface area (Å²) in [6.07, 6.45) is 0. The Hall–Kier alpha value is -4.10. The molecule has 192 valence electrons. The minimum atomic E-state index is -0.729. The van der Waals surface area contributed by atoms with Crippen molar-refractivity contribution in [1.29, 1.82) is 0 Å². The molecule has 0 spiro atoms. The molecule has 1 saturated heterocycles. The monoisotopic (exact) mass is 500 g/mol. The number of aliphatic hydroxyl groups is 1. The van der Waals surface area contributed by atoms with Crippen LogP contribution in [0.5, 0.6) is 11.5 Å². The normalized spacial score (nSPS) is 16.9. The number of likely N-dealkylation sites (tertiary alicyclic amines) is 1. The Balaban J connectivity index is 1.66. The van der Waals surface area contributed by atoms with E-state index in [4.69, 9.17) is 9.47 Å². The molecule has 7 heteroatoms. The van der Waals surface area contributed by atoms with Crippen LogP contribution in [0.4, 0.5) is 0 Å². The van der Waals surface area contributed by atoms with E-state index in [1.165, 1.54) is 4.90 Å². The molecule has 37 heavy (non-hydrogen) atoms. The molecule has 4 rings (SSSR count). The van der Waals surface area contributed by atoms with Crippen LogP contribution in [-0.2, 0) is 16.2 Å². The molecule has 1 unspecified atom stereocenters. The maximum Gasteiger partial charge on any atom is 0.295 e. The molecule has 1 atom stereocenters. The van der Waals surface area contributed by atoms with Crippen molar-refractivity contribution in [3.05, 3.63) is 101 Å². The summed E-state index contributed by atoms with van der Waals surface area (Å²) >= 11 is 0. The van der Waals surface area contributed by atoms with E-state index in [-0.39, 0.29) is 11.3 Å². The molecule has 1 aliphatic heterocycles. The van der Waals surface area contributed by atoms with Gasteiger partial charge < -0.3 is 24.4 Å². The molecular weight excluding hydrogens is 468 g/mol. The number of likely N-dealkylation sites (N-methyl/N-ethyl adjacent to an activating group) is 1. The fraction of sp³-hybridized carbons (Fsp3) is 0.267. The number of rotatable bonds is 9. The maximum absolute atomic E-state index is 13.2. The molecule has 0 aliphatic carbocycles. The van der Waals surface area contributed by atoms with Crippen molar-refractivity contribution >= 4 is 17.4 Å². The van der Waals surface area contributed by atoms with Crippen LogP contribution in [0.1, 0.15) is 28.3 Å². The number of hydrogen-bond acceptors (Lipinski definition) is 6. The first-order valence-electron chi connectivity index (χ1n) is 12.1. The summed E-state index contributed by atoms with van der Waals surface area (Å²) in [5, 5.41) is 11.3. The van der Waals surface area contributed by atoms with Gasteiger partial charge in [-0.15, -0.1) is 0 Å². The number of Topliss-reactive ketones (excluding diaryl/α,β-unsaturated/α-hetero) is 1. The van der Waals surface area contributed by atoms with Gasteiger partial charge in [-0.2, -0.15) is 0 Å². The minimum Gasteiger partial charge on any atom is -0.507 e. The van der Waals surface area contributed by atoms with Crippen LogP contribution in [-0.4, -0.2) is 60.9 Å². The van der Waals surface area contributed by atoms with E-state index in [9.17, 15) is 14.7 Å². The quantitative estimate of drug-likeness (QED) is 0.264. The number of nitrogens with zero attached hydrogens (tertiary/aromatic N) is 2. The first kappa shape index (κ1) is 26.0. The van der Waals surface area contributed by atoms with Crippen molar-refractivity contribution in [3.8, 4) is 11.5 Å². The van der Waals surface area contributed by atoms with Gasteiger partial charge in [-0.05, 0) is 68.5 Å². The smallest absolute Gasteiger partial charge is 0.295 e. The molecule has 0 aromatic heterocycles. The third-order valence-corrected chi connectivity index (χ3v) is 6.35. The second kappa shape index (κ2) is 11.3. The Bertz CT molecular complexity index is 1310. The van der Waals surface area contributed by atoms with Gasteiger partial charge in [0.15, 0.2) is 0 Å². The SMILES string of the molecule is COc1cccc(C2C(=C(O)c3ccc(OCc4cccc(C)c4)cc3)C(=O)C(=O)N2CCN(C)C)c1. The molecule has 0 radical (unpaired) electrons. The van der Waals surface area contributed by atoms with Gasteiger partial charge in [0.1, 0.15) is 23.9 Å². The van der Waals surface area contributed by atoms with Crippen LogP contribution >= 0.6 is 0 Å². The van der Waals surface area contributed by atoms with E-state index in [1.54, 1.807) is 49.6 Å². The summed E-state index contributed by atoms with van der Waals surface area (Å²) in [6, 6.07) is 21.4. The Labute approximate surface area is 217 Å². The van der Waals surface area contributed by atoms with Gasteiger partial charge in [0.05, 0.1) is 18.7 Å². The van der Waals surface area contributed by atoms with Crippen LogP contribution in [0, 0.1) is 6.92 Å². The number of ether oxygens (including phenoxy) is 2. The first-order valence-corrected chi connectivity index (χ1v) is 12.1. The third kappa shape index (κ3) is 5.84. The third-order valence-electron chi connectivity index (χ3n) is 6.35. The fourth-order valence-corrected chi connectivity index (χ4v) is 4.41. The molecule has 0 bridgehead atoms. The van der Waals surface area contributed by atoms with E-state index < -0.39 is 17.7 Å². The fourth-order valence-electron chi connectivity index (χ4n) is 4.41. The highest BCUT2D eigenvalue weighted by molar-refractivity contribution is 6.46. The summed E-state index contributed by atoms with van der Waals surface area (Å²) in [4.78, 5) is 29.7. The number of methoxy groups -OCH3 is 1. The lowest BCUT2D eigenvalue weighted by Crippen LogP contribution is -2.35. The molecule has 1 fully saturated rings. The number of hydrogen-bond donors (Lipinski definition) is 1. The average Bonchev–Trinajstić information content (AvgIpc) is 3.15. The number of amides is 1. The molecule has 1 amide bonds. The maximum atomic E-state index is 13.2. The molecule has 3 aromatic rings. The van der Waals surface area contributed by atoms with Gasteiger partial charge in [-0.1, -0.05) is 42.0 Å². The lowest BCUT2D eigenvalue weighted by Gasteiger charge is -2.26.